The van der Waals surface area contributed by atoms with Crippen LogP contribution in [-0.2, 0) is 16.6 Å². The van der Waals surface area contributed by atoms with Gasteiger partial charge < -0.3 is 9.84 Å². The van der Waals surface area contributed by atoms with Crippen molar-refractivity contribution in [3.05, 3.63) is 23.8 Å². The number of aliphatic hydroxyl groups excluding tert-OH is 1. The molecule has 1 N–H and O–H groups in total. The fraction of sp³-hybridized carbons (Fsp3) is 0.600. The van der Waals surface area contributed by atoms with Crippen LogP contribution in [0.1, 0.15) is 31.2 Å². The SMILES string of the molecule is COc1ccc(S(=O)(=O)N(CC2CC2)C2CC2)cc1CO. The Balaban J connectivity index is 1.92. The van der Waals surface area contributed by atoms with E-state index in [1.165, 1.54) is 13.2 Å². The zero-order valence-electron chi connectivity index (χ0n) is 12.2. The summed E-state index contributed by atoms with van der Waals surface area (Å²) in [7, 11) is -1.98. The lowest BCUT2D eigenvalue weighted by Crippen LogP contribution is -2.35. The molecule has 0 aromatic heterocycles. The molecule has 2 fully saturated rings. The summed E-state index contributed by atoms with van der Waals surface area (Å²) < 4.78 is 32.5. The second-order valence-corrected chi connectivity index (χ2v) is 7.77. The van der Waals surface area contributed by atoms with Crippen molar-refractivity contribution in [1.29, 1.82) is 0 Å². The highest BCUT2D eigenvalue weighted by atomic mass is 32.2. The summed E-state index contributed by atoms with van der Waals surface area (Å²) in [5.74, 6) is 1.03. The molecule has 0 unspecified atom stereocenters. The Hall–Kier alpha value is -1.11. The number of rotatable bonds is 7. The van der Waals surface area contributed by atoms with Crippen molar-refractivity contribution in [2.24, 2.45) is 5.92 Å². The topological polar surface area (TPSA) is 66.8 Å². The minimum absolute atomic E-state index is 0.162. The Morgan fingerprint density at radius 3 is 2.52 bits per heavy atom. The van der Waals surface area contributed by atoms with Gasteiger partial charge in [-0.2, -0.15) is 4.31 Å². The summed E-state index contributed by atoms with van der Waals surface area (Å²) in [5, 5.41) is 9.37. The molecule has 5 nitrogen and oxygen atoms in total. The summed E-state index contributed by atoms with van der Waals surface area (Å²) in [4.78, 5) is 0.250. The van der Waals surface area contributed by atoms with Gasteiger partial charge in [0.05, 0.1) is 18.6 Å². The van der Waals surface area contributed by atoms with Gasteiger partial charge in [0, 0.05) is 18.2 Å². The molecule has 0 amide bonds. The molecule has 0 bridgehead atoms. The standard InChI is InChI=1S/C15H21NO4S/c1-20-15-7-6-14(8-12(15)10-17)21(18,19)16(13-4-5-13)9-11-2-3-11/h6-8,11,13,17H,2-5,9-10H2,1H3. The average molecular weight is 311 g/mol. The monoisotopic (exact) mass is 311 g/mol. The summed E-state index contributed by atoms with van der Waals surface area (Å²) in [6, 6.07) is 4.86. The molecule has 3 rings (SSSR count). The van der Waals surface area contributed by atoms with Crippen molar-refractivity contribution in [1.82, 2.24) is 4.31 Å². The lowest BCUT2D eigenvalue weighted by molar-refractivity contribution is 0.273. The molecule has 0 spiro atoms. The predicted octanol–water partition coefficient (Wildman–Crippen LogP) is 1.75. The molecule has 2 saturated carbocycles. The van der Waals surface area contributed by atoms with E-state index < -0.39 is 10.0 Å². The van der Waals surface area contributed by atoms with Crippen LogP contribution in [0, 0.1) is 5.92 Å². The van der Waals surface area contributed by atoms with Gasteiger partial charge in [-0.15, -0.1) is 0 Å². The second kappa shape index (κ2) is 5.59. The first-order valence-electron chi connectivity index (χ1n) is 7.36. The number of sulfonamides is 1. The van der Waals surface area contributed by atoms with E-state index >= 15 is 0 Å². The first-order chi connectivity index (χ1) is 10.1. The van der Waals surface area contributed by atoms with Gasteiger partial charge in [0.1, 0.15) is 5.75 Å². The number of ether oxygens (including phenoxy) is 1. The smallest absolute Gasteiger partial charge is 0.243 e. The molecule has 2 aliphatic carbocycles. The maximum Gasteiger partial charge on any atom is 0.243 e. The Labute approximate surface area is 125 Å². The highest BCUT2D eigenvalue weighted by molar-refractivity contribution is 7.89. The van der Waals surface area contributed by atoms with Crippen molar-refractivity contribution in [2.75, 3.05) is 13.7 Å². The molecule has 1 aromatic rings. The Kier molecular flexibility index (Phi) is 3.94. The van der Waals surface area contributed by atoms with Crippen LogP contribution in [-0.4, -0.2) is 37.5 Å². The van der Waals surface area contributed by atoms with Crippen LogP contribution >= 0.6 is 0 Å². The lowest BCUT2D eigenvalue weighted by atomic mass is 10.2. The zero-order valence-corrected chi connectivity index (χ0v) is 13.0. The Morgan fingerprint density at radius 2 is 2.00 bits per heavy atom. The van der Waals surface area contributed by atoms with Crippen molar-refractivity contribution in [3.63, 3.8) is 0 Å². The molecule has 116 valence electrons. The quantitative estimate of drug-likeness (QED) is 0.833. The second-order valence-electron chi connectivity index (χ2n) is 5.88. The third-order valence-electron chi connectivity index (χ3n) is 4.12. The number of methoxy groups -OCH3 is 1. The first-order valence-corrected chi connectivity index (χ1v) is 8.80. The Morgan fingerprint density at radius 1 is 1.29 bits per heavy atom. The molecule has 1 aromatic carbocycles. The Bertz CT molecular complexity index is 621. The first kappa shape index (κ1) is 14.8. The van der Waals surface area contributed by atoms with E-state index in [2.05, 4.69) is 0 Å². The number of hydrogen-bond acceptors (Lipinski definition) is 4. The highest BCUT2D eigenvalue weighted by Gasteiger charge is 2.41. The van der Waals surface area contributed by atoms with Crippen LogP contribution in [0.5, 0.6) is 5.75 Å². The van der Waals surface area contributed by atoms with Crippen LogP contribution < -0.4 is 4.74 Å². The molecule has 0 radical (unpaired) electrons. The molecule has 2 aliphatic rings. The molecule has 0 aliphatic heterocycles. The van der Waals surface area contributed by atoms with E-state index in [0.29, 0.717) is 23.8 Å². The van der Waals surface area contributed by atoms with Gasteiger partial charge in [-0.3, -0.25) is 0 Å². The van der Waals surface area contributed by atoms with E-state index in [9.17, 15) is 13.5 Å². The van der Waals surface area contributed by atoms with Gasteiger partial charge >= 0.3 is 0 Å². The van der Waals surface area contributed by atoms with Crippen molar-refractivity contribution in [2.45, 2.75) is 43.2 Å². The summed E-state index contributed by atoms with van der Waals surface area (Å²) in [6.45, 7) is 0.395. The van der Waals surface area contributed by atoms with Crippen LogP contribution in [0.4, 0.5) is 0 Å². The van der Waals surface area contributed by atoms with Crippen LogP contribution in [0.2, 0.25) is 0 Å². The molecular formula is C15H21NO4S. The number of nitrogens with zero attached hydrogens (tertiary/aromatic N) is 1. The maximum absolute atomic E-state index is 12.8. The largest absolute Gasteiger partial charge is 0.496 e. The summed E-state index contributed by atoms with van der Waals surface area (Å²) in [6.07, 6.45) is 4.16. The van der Waals surface area contributed by atoms with Crippen LogP contribution in [0.15, 0.2) is 23.1 Å². The van der Waals surface area contributed by atoms with Gasteiger partial charge in [-0.05, 0) is 49.8 Å². The maximum atomic E-state index is 12.8. The summed E-state index contributed by atoms with van der Waals surface area (Å²) in [5.41, 5.74) is 0.501. The minimum atomic E-state index is -3.48. The van der Waals surface area contributed by atoms with Crippen LogP contribution in [0.3, 0.4) is 0 Å². The molecule has 0 saturated heterocycles. The molecule has 21 heavy (non-hydrogen) atoms. The molecular weight excluding hydrogens is 290 g/mol. The third kappa shape index (κ3) is 3.07. The zero-order chi connectivity index (χ0) is 15.0. The van der Waals surface area contributed by atoms with E-state index in [1.54, 1.807) is 16.4 Å². The van der Waals surface area contributed by atoms with Crippen molar-refractivity contribution < 1.29 is 18.3 Å². The third-order valence-corrected chi connectivity index (χ3v) is 6.03. The van der Waals surface area contributed by atoms with E-state index in [4.69, 9.17) is 4.74 Å². The normalized spacial score (nSPS) is 19.0. The van der Waals surface area contributed by atoms with Crippen LogP contribution in [0.25, 0.3) is 0 Å². The van der Waals surface area contributed by atoms with E-state index in [1.807, 2.05) is 0 Å². The van der Waals surface area contributed by atoms with Gasteiger partial charge in [0.15, 0.2) is 0 Å². The molecule has 0 heterocycles. The van der Waals surface area contributed by atoms with E-state index in [-0.39, 0.29) is 17.5 Å². The van der Waals surface area contributed by atoms with Crippen molar-refractivity contribution in [3.8, 4) is 5.75 Å². The average Bonchev–Trinajstić information content (AvgIpc) is 3.37. The van der Waals surface area contributed by atoms with Gasteiger partial charge in [-0.1, -0.05) is 0 Å². The van der Waals surface area contributed by atoms with Gasteiger partial charge in [0.2, 0.25) is 10.0 Å². The fourth-order valence-corrected chi connectivity index (χ4v) is 4.35. The summed E-state index contributed by atoms with van der Waals surface area (Å²) >= 11 is 0. The number of aliphatic hydroxyl groups is 1. The van der Waals surface area contributed by atoms with Crippen molar-refractivity contribution >= 4 is 10.0 Å². The lowest BCUT2D eigenvalue weighted by Gasteiger charge is -2.22. The minimum Gasteiger partial charge on any atom is -0.496 e. The fourth-order valence-electron chi connectivity index (χ4n) is 2.54. The highest BCUT2D eigenvalue weighted by Crippen LogP contribution is 2.38. The number of benzene rings is 1. The van der Waals surface area contributed by atoms with E-state index in [0.717, 1.165) is 25.7 Å². The predicted molar refractivity (Wildman–Crippen MR) is 78.6 cm³/mol. The van der Waals surface area contributed by atoms with Gasteiger partial charge in [-0.25, -0.2) is 8.42 Å². The molecule has 6 heteroatoms. The van der Waals surface area contributed by atoms with Gasteiger partial charge in [0.25, 0.3) is 0 Å². The molecule has 0 atom stereocenters. The number of hydrogen-bond donors (Lipinski definition) is 1.